The van der Waals surface area contributed by atoms with Crippen LogP contribution in [0.3, 0.4) is 0 Å². The summed E-state index contributed by atoms with van der Waals surface area (Å²) in [6, 6.07) is 10.5. The molecule has 0 unspecified atom stereocenters. The second-order valence-electron chi connectivity index (χ2n) is 4.86. The van der Waals surface area contributed by atoms with Gasteiger partial charge in [-0.15, -0.1) is 0 Å². The molecule has 0 aliphatic rings. The van der Waals surface area contributed by atoms with Gasteiger partial charge in [-0.2, -0.15) is 5.26 Å². The van der Waals surface area contributed by atoms with Crippen molar-refractivity contribution in [2.75, 3.05) is 19.5 Å². The predicted molar refractivity (Wildman–Crippen MR) is 95.9 cm³/mol. The van der Waals surface area contributed by atoms with Gasteiger partial charge in [0.25, 0.3) is 5.91 Å². The Morgan fingerprint density at radius 3 is 2.48 bits per heavy atom. The van der Waals surface area contributed by atoms with Crippen LogP contribution in [-0.2, 0) is 4.79 Å². The first-order valence-electron chi connectivity index (χ1n) is 7.08. The topological polar surface area (TPSA) is 71.3 Å². The van der Waals surface area contributed by atoms with Crippen molar-refractivity contribution in [2.24, 2.45) is 0 Å². The molecule has 0 heterocycles. The Bertz CT molecular complexity index is 858. The highest BCUT2D eigenvalue weighted by Gasteiger charge is 2.15. The fraction of sp³-hybridized carbons (Fsp3) is 0.111. The molecule has 2 aromatic carbocycles. The molecule has 128 valence electrons. The number of nitriles is 1. The van der Waals surface area contributed by atoms with Crippen molar-refractivity contribution in [1.82, 2.24) is 0 Å². The van der Waals surface area contributed by atoms with Crippen molar-refractivity contribution in [3.63, 3.8) is 0 Å². The number of halogens is 2. The maximum atomic E-state index is 12.9. The molecule has 0 bridgehead atoms. The molecule has 2 aromatic rings. The maximum Gasteiger partial charge on any atom is 0.266 e. The van der Waals surface area contributed by atoms with E-state index in [1.54, 1.807) is 12.1 Å². The Labute approximate surface area is 152 Å². The van der Waals surface area contributed by atoms with Gasteiger partial charge in [-0.25, -0.2) is 4.39 Å². The number of amides is 1. The van der Waals surface area contributed by atoms with Gasteiger partial charge in [-0.1, -0.05) is 15.9 Å². The number of hydrogen-bond acceptors (Lipinski definition) is 4. The number of anilines is 1. The molecule has 7 heteroatoms. The number of carbonyl (C=O) groups is 1. The van der Waals surface area contributed by atoms with Crippen LogP contribution in [0.1, 0.15) is 5.56 Å². The number of ether oxygens (including phenoxy) is 2. The molecule has 0 saturated heterocycles. The van der Waals surface area contributed by atoms with Crippen LogP contribution >= 0.6 is 15.9 Å². The molecule has 0 atom stereocenters. The van der Waals surface area contributed by atoms with E-state index in [0.29, 0.717) is 27.2 Å². The third kappa shape index (κ3) is 4.58. The highest BCUT2D eigenvalue weighted by Crippen LogP contribution is 2.35. The Balaban J connectivity index is 2.37. The van der Waals surface area contributed by atoms with Crippen molar-refractivity contribution < 1.29 is 18.7 Å². The van der Waals surface area contributed by atoms with E-state index in [0.717, 1.165) is 0 Å². The van der Waals surface area contributed by atoms with E-state index in [-0.39, 0.29) is 5.57 Å². The van der Waals surface area contributed by atoms with Crippen LogP contribution in [-0.4, -0.2) is 20.1 Å². The van der Waals surface area contributed by atoms with E-state index in [9.17, 15) is 14.4 Å². The van der Waals surface area contributed by atoms with E-state index in [1.165, 1.54) is 44.6 Å². The molecule has 0 saturated carbocycles. The highest BCUT2D eigenvalue weighted by molar-refractivity contribution is 9.10. The smallest absolute Gasteiger partial charge is 0.266 e. The van der Waals surface area contributed by atoms with E-state index in [1.807, 2.05) is 6.07 Å². The highest BCUT2D eigenvalue weighted by atomic mass is 79.9. The average molecular weight is 405 g/mol. The van der Waals surface area contributed by atoms with Gasteiger partial charge in [0.15, 0.2) is 11.5 Å². The maximum absolute atomic E-state index is 12.9. The van der Waals surface area contributed by atoms with Gasteiger partial charge >= 0.3 is 0 Å². The lowest BCUT2D eigenvalue weighted by Crippen LogP contribution is -2.13. The molecule has 0 fully saturated rings. The average Bonchev–Trinajstić information content (AvgIpc) is 2.60. The predicted octanol–water partition coefficient (Wildman–Crippen LogP) is 4.15. The second kappa shape index (κ2) is 8.31. The molecule has 0 radical (unpaired) electrons. The summed E-state index contributed by atoms with van der Waals surface area (Å²) in [5, 5.41) is 11.9. The lowest BCUT2D eigenvalue weighted by molar-refractivity contribution is -0.112. The first kappa shape index (κ1) is 18.5. The van der Waals surface area contributed by atoms with Crippen molar-refractivity contribution in [3.8, 4) is 17.6 Å². The quantitative estimate of drug-likeness (QED) is 0.599. The Morgan fingerprint density at radius 2 is 1.92 bits per heavy atom. The largest absolute Gasteiger partial charge is 0.493 e. The second-order valence-corrected chi connectivity index (χ2v) is 5.78. The molecule has 2 rings (SSSR count). The van der Waals surface area contributed by atoms with Gasteiger partial charge in [0.1, 0.15) is 17.5 Å². The summed E-state index contributed by atoms with van der Waals surface area (Å²) in [5.74, 6) is -0.178. The summed E-state index contributed by atoms with van der Waals surface area (Å²) in [6.07, 6.45) is 1.39. The SMILES string of the molecule is COc1cc(Br)cc(C=C(C#N)C(=O)Nc2ccc(F)cc2)c1OC. The summed E-state index contributed by atoms with van der Waals surface area (Å²) in [7, 11) is 2.96. The zero-order chi connectivity index (χ0) is 18.4. The van der Waals surface area contributed by atoms with Crippen molar-refractivity contribution in [2.45, 2.75) is 0 Å². The van der Waals surface area contributed by atoms with Gasteiger partial charge in [0.05, 0.1) is 14.2 Å². The third-order valence-electron chi connectivity index (χ3n) is 3.24. The Hall–Kier alpha value is -2.85. The van der Waals surface area contributed by atoms with Crippen LogP contribution < -0.4 is 14.8 Å². The van der Waals surface area contributed by atoms with Gasteiger partial charge in [0.2, 0.25) is 0 Å². The number of hydrogen-bond donors (Lipinski definition) is 1. The van der Waals surface area contributed by atoms with Crippen molar-refractivity contribution >= 4 is 33.6 Å². The Kier molecular flexibility index (Phi) is 6.14. The normalized spacial score (nSPS) is 10.8. The van der Waals surface area contributed by atoms with Crippen LogP contribution in [0.5, 0.6) is 11.5 Å². The number of nitrogens with zero attached hydrogens (tertiary/aromatic N) is 1. The lowest BCUT2D eigenvalue weighted by atomic mass is 10.1. The zero-order valence-corrected chi connectivity index (χ0v) is 15.1. The third-order valence-corrected chi connectivity index (χ3v) is 3.70. The molecule has 1 N–H and O–H groups in total. The minimum atomic E-state index is -0.616. The van der Waals surface area contributed by atoms with Gasteiger partial charge in [-0.05, 0) is 42.5 Å². The number of rotatable bonds is 5. The fourth-order valence-electron chi connectivity index (χ4n) is 2.10. The lowest BCUT2D eigenvalue weighted by Gasteiger charge is -2.12. The van der Waals surface area contributed by atoms with Gasteiger partial charge in [-0.3, -0.25) is 4.79 Å². The summed E-state index contributed by atoms with van der Waals surface area (Å²) < 4.78 is 24.2. The minimum Gasteiger partial charge on any atom is -0.493 e. The first-order valence-corrected chi connectivity index (χ1v) is 7.88. The van der Waals surface area contributed by atoms with Crippen molar-refractivity contribution in [3.05, 3.63) is 57.8 Å². The summed E-state index contributed by atoms with van der Waals surface area (Å²) in [6.45, 7) is 0. The fourth-order valence-corrected chi connectivity index (χ4v) is 2.56. The molecule has 0 spiro atoms. The van der Waals surface area contributed by atoms with Crippen LogP contribution in [0, 0.1) is 17.1 Å². The molecule has 0 aliphatic carbocycles. The Morgan fingerprint density at radius 1 is 1.24 bits per heavy atom. The van der Waals surface area contributed by atoms with Gasteiger partial charge < -0.3 is 14.8 Å². The first-order chi connectivity index (χ1) is 12.0. The number of benzene rings is 2. The monoisotopic (exact) mass is 404 g/mol. The van der Waals surface area contributed by atoms with Gasteiger partial charge in [0, 0.05) is 15.7 Å². The molecular weight excluding hydrogens is 391 g/mol. The van der Waals surface area contributed by atoms with Crippen molar-refractivity contribution in [1.29, 1.82) is 5.26 Å². The molecular formula is C18H14BrFN2O3. The molecule has 25 heavy (non-hydrogen) atoms. The van der Waals surface area contributed by atoms with Crippen LogP contribution in [0.2, 0.25) is 0 Å². The summed E-state index contributed by atoms with van der Waals surface area (Å²) >= 11 is 3.34. The molecule has 0 aromatic heterocycles. The van der Waals surface area contributed by atoms with E-state index >= 15 is 0 Å². The minimum absolute atomic E-state index is 0.136. The van der Waals surface area contributed by atoms with Crippen LogP contribution in [0.15, 0.2) is 46.4 Å². The molecule has 5 nitrogen and oxygen atoms in total. The number of nitrogens with one attached hydrogen (secondary N) is 1. The zero-order valence-electron chi connectivity index (χ0n) is 13.5. The summed E-state index contributed by atoms with van der Waals surface area (Å²) in [5.41, 5.74) is 0.744. The molecule has 0 aliphatic heterocycles. The van der Waals surface area contributed by atoms with E-state index in [4.69, 9.17) is 9.47 Å². The summed E-state index contributed by atoms with van der Waals surface area (Å²) in [4.78, 5) is 12.3. The van der Waals surface area contributed by atoms with E-state index < -0.39 is 11.7 Å². The standard InChI is InChI=1S/C18H14BrFN2O3/c1-24-16-9-13(19)8-11(17(16)25-2)7-12(10-21)18(23)22-15-5-3-14(20)4-6-15/h3-9H,1-2H3,(H,22,23). The van der Waals surface area contributed by atoms with Crippen LogP contribution in [0.25, 0.3) is 6.08 Å². The van der Waals surface area contributed by atoms with Crippen LogP contribution in [0.4, 0.5) is 10.1 Å². The number of carbonyl (C=O) groups excluding carboxylic acids is 1. The number of methoxy groups -OCH3 is 2. The molecule has 1 amide bonds. The van der Waals surface area contributed by atoms with E-state index in [2.05, 4.69) is 21.2 Å².